The van der Waals surface area contributed by atoms with E-state index in [2.05, 4.69) is 39.0 Å². The summed E-state index contributed by atoms with van der Waals surface area (Å²) in [5.41, 5.74) is 2.25. The molecule has 2 saturated heterocycles. The van der Waals surface area contributed by atoms with E-state index in [1.165, 1.54) is 5.57 Å². The zero-order valence-corrected chi connectivity index (χ0v) is 16.4. The first-order valence-corrected chi connectivity index (χ1v) is 10.2. The summed E-state index contributed by atoms with van der Waals surface area (Å²) in [5.74, 6) is 0.512. The fourth-order valence-electron chi connectivity index (χ4n) is 4.23. The van der Waals surface area contributed by atoms with Crippen molar-refractivity contribution in [2.75, 3.05) is 0 Å². The van der Waals surface area contributed by atoms with E-state index >= 15 is 0 Å². The van der Waals surface area contributed by atoms with Crippen molar-refractivity contribution in [3.8, 4) is 0 Å². The number of ether oxygens (including phenoxy) is 4. The molecule has 0 bridgehead atoms. The molecular weight excluding hydrogens is 340 g/mol. The van der Waals surface area contributed by atoms with E-state index in [0.29, 0.717) is 5.92 Å². The lowest BCUT2D eigenvalue weighted by atomic mass is 9.92. The Labute approximate surface area is 162 Å². The number of benzene rings is 1. The molecule has 7 unspecified atom stereocenters. The van der Waals surface area contributed by atoms with Gasteiger partial charge in [0.1, 0.15) is 12.2 Å². The van der Waals surface area contributed by atoms with Crippen LogP contribution in [0.1, 0.15) is 51.9 Å². The molecule has 4 nitrogen and oxygen atoms in total. The van der Waals surface area contributed by atoms with E-state index < -0.39 is 0 Å². The summed E-state index contributed by atoms with van der Waals surface area (Å²) in [6.07, 6.45) is 8.29. The lowest BCUT2D eigenvalue weighted by Crippen LogP contribution is -2.59. The summed E-state index contributed by atoms with van der Waals surface area (Å²) in [7, 11) is 0. The third kappa shape index (κ3) is 3.90. The van der Waals surface area contributed by atoms with Gasteiger partial charge in [-0.3, -0.25) is 0 Å². The lowest BCUT2D eigenvalue weighted by molar-refractivity contribution is -0.373. The SMILES string of the molecule is CCC1OC(c2ccccc2)OC2C(CC)OC(C3=CC=CC(C)C3)OC12. The van der Waals surface area contributed by atoms with Crippen molar-refractivity contribution in [3.63, 3.8) is 0 Å². The van der Waals surface area contributed by atoms with Crippen molar-refractivity contribution in [1.82, 2.24) is 0 Å². The molecule has 1 aromatic carbocycles. The molecule has 2 heterocycles. The van der Waals surface area contributed by atoms with Crippen LogP contribution >= 0.6 is 0 Å². The van der Waals surface area contributed by atoms with Gasteiger partial charge in [-0.15, -0.1) is 0 Å². The zero-order valence-electron chi connectivity index (χ0n) is 16.4. The van der Waals surface area contributed by atoms with E-state index in [1.54, 1.807) is 0 Å². The number of rotatable bonds is 4. The summed E-state index contributed by atoms with van der Waals surface area (Å²) >= 11 is 0. The molecule has 4 rings (SSSR count). The van der Waals surface area contributed by atoms with Gasteiger partial charge in [0.05, 0.1) is 12.2 Å². The lowest BCUT2D eigenvalue weighted by Gasteiger charge is -2.49. The maximum absolute atomic E-state index is 6.42. The molecule has 0 radical (unpaired) electrons. The molecule has 0 saturated carbocycles. The van der Waals surface area contributed by atoms with Gasteiger partial charge in [0.25, 0.3) is 0 Å². The van der Waals surface area contributed by atoms with E-state index in [-0.39, 0.29) is 37.0 Å². The van der Waals surface area contributed by atoms with Gasteiger partial charge >= 0.3 is 0 Å². The quantitative estimate of drug-likeness (QED) is 0.754. The van der Waals surface area contributed by atoms with Crippen LogP contribution in [-0.2, 0) is 18.9 Å². The molecule has 1 aromatic rings. The van der Waals surface area contributed by atoms with Crippen molar-refractivity contribution in [2.45, 2.75) is 77.0 Å². The second-order valence-corrected chi connectivity index (χ2v) is 7.75. The van der Waals surface area contributed by atoms with Gasteiger partial charge in [-0.05, 0) is 30.8 Å². The maximum Gasteiger partial charge on any atom is 0.184 e. The molecule has 0 amide bonds. The minimum atomic E-state index is -0.368. The normalized spacial score (nSPS) is 38.9. The third-order valence-electron chi connectivity index (χ3n) is 5.70. The highest BCUT2D eigenvalue weighted by Gasteiger charge is 2.49. The highest BCUT2D eigenvalue weighted by molar-refractivity contribution is 5.22. The largest absolute Gasteiger partial charge is 0.343 e. The van der Waals surface area contributed by atoms with Gasteiger partial charge in [0.15, 0.2) is 12.6 Å². The first-order chi connectivity index (χ1) is 13.2. The van der Waals surface area contributed by atoms with Gasteiger partial charge in [-0.1, -0.05) is 69.3 Å². The van der Waals surface area contributed by atoms with Crippen molar-refractivity contribution in [3.05, 3.63) is 59.7 Å². The predicted octanol–water partition coefficient (Wildman–Crippen LogP) is 4.92. The van der Waals surface area contributed by atoms with Gasteiger partial charge < -0.3 is 18.9 Å². The predicted molar refractivity (Wildman–Crippen MR) is 104 cm³/mol. The Hall–Kier alpha value is -1.46. The van der Waals surface area contributed by atoms with E-state index in [9.17, 15) is 0 Å². The average molecular weight is 370 g/mol. The molecule has 3 aliphatic rings. The fraction of sp³-hybridized carbons (Fsp3) is 0.565. The highest BCUT2D eigenvalue weighted by atomic mass is 16.8. The van der Waals surface area contributed by atoms with Crippen LogP contribution in [0.5, 0.6) is 0 Å². The molecule has 1 aliphatic carbocycles. The van der Waals surface area contributed by atoms with E-state index in [0.717, 1.165) is 24.8 Å². The van der Waals surface area contributed by atoms with Gasteiger partial charge in [-0.2, -0.15) is 0 Å². The fourth-order valence-corrected chi connectivity index (χ4v) is 4.23. The Morgan fingerprint density at radius 1 is 0.852 bits per heavy atom. The van der Waals surface area contributed by atoms with Crippen LogP contribution in [0.25, 0.3) is 0 Å². The van der Waals surface area contributed by atoms with Gasteiger partial charge in [0, 0.05) is 5.56 Å². The molecule has 27 heavy (non-hydrogen) atoms. The Morgan fingerprint density at radius 3 is 2.11 bits per heavy atom. The zero-order chi connectivity index (χ0) is 18.8. The molecule has 7 atom stereocenters. The first kappa shape index (κ1) is 18.9. The molecule has 0 aromatic heterocycles. The third-order valence-corrected chi connectivity index (χ3v) is 5.70. The minimum Gasteiger partial charge on any atom is -0.343 e. The number of hydrogen-bond acceptors (Lipinski definition) is 4. The van der Waals surface area contributed by atoms with E-state index in [1.807, 2.05) is 30.3 Å². The van der Waals surface area contributed by atoms with Crippen molar-refractivity contribution >= 4 is 0 Å². The van der Waals surface area contributed by atoms with Crippen molar-refractivity contribution in [2.24, 2.45) is 5.92 Å². The molecule has 0 spiro atoms. The highest BCUT2D eigenvalue weighted by Crippen LogP contribution is 2.40. The summed E-state index contributed by atoms with van der Waals surface area (Å²) in [6.45, 7) is 6.52. The van der Waals surface area contributed by atoms with Crippen molar-refractivity contribution < 1.29 is 18.9 Å². The van der Waals surface area contributed by atoms with Crippen LogP contribution in [0.4, 0.5) is 0 Å². The number of hydrogen-bond donors (Lipinski definition) is 0. The number of allylic oxidation sites excluding steroid dienone is 3. The monoisotopic (exact) mass is 370 g/mol. The molecular formula is C23H30O4. The molecule has 2 fully saturated rings. The standard InChI is InChI=1S/C23H30O4/c1-4-18-21-20(26-22(24-18)16-11-7-6-8-12-16)19(5-2)25-23(27-21)17-13-9-10-15(3)14-17/h6-13,15,18-23H,4-5,14H2,1-3H3. The molecule has 4 heteroatoms. The second kappa shape index (κ2) is 8.27. The Balaban J connectivity index is 1.56. The van der Waals surface area contributed by atoms with Crippen LogP contribution in [0.15, 0.2) is 54.1 Å². The van der Waals surface area contributed by atoms with Crippen LogP contribution in [0, 0.1) is 5.92 Å². The Kier molecular flexibility index (Phi) is 5.79. The average Bonchev–Trinajstić information content (AvgIpc) is 2.72. The summed E-state index contributed by atoms with van der Waals surface area (Å²) in [4.78, 5) is 0. The van der Waals surface area contributed by atoms with E-state index in [4.69, 9.17) is 18.9 Å². The van der Waals surface area contributed by atoms with Crippen LogP contribution < -0.4 is 0 Å². The van der Waals surface area contributed by atoms with Gasteiger partial charge in [-0.25, -0.2) is 0 Å². The minimum absolute atomic E-state index is 0.0000227. The maximum atomic E-state index is 6.42. The van der Waals surface area contributed by atoms with Crippen molar-refractivity contribution in [1.29, 1.82) is 0 Å². The summed E-state index contributed by atoms with van der Waals surface area (Å²) in [5, 5.41) is 0. The first-order valence-electron chi connectivity index (χ1n) is 10.2. The number of fused-ring (bicyclic) bond motifs is 1. The van der Waals surface area contributed by atoms with Crippen LogP contribution in [0.3, 0.4) is 0 Å². The Bertz CT molecular complexity index is 683. The second-order valence-electron chi connectivity index (χ2n) is 7.75. The summed E-state index contributed by atoms with van der Waals surface area (Å²) < 4.78 is 25.5. The van der Waals surface area contributed by atoms with Crippen LogP contribution in [0.2, 0.25) is 0 Å². The Morgan fingerprint density at radius 2 is 1.48 bits per heavy atom. The summed E-state index contributed by atoms with van der Waals surface area (Å²) in [6, 6.07) is 10.1. The molecule has 146 valence electrons. The molecule has 2 aliphatic heterocycles. The smallest absolute Gasteiger partial charge is 0.184 e. The van der Waals surface area contributed by atoms with Gasteiger partial charge in [0.2, 0.25) is 0 Å². The topological polar surface area (TPSA) is 36.9 Å². The molecule has 0 N–H and O–H groups in total. The van der Waals surface area contributed by atoms with Crippen LogP contribution in [-0.4, -0.2) is 30.7 Å².